The minimum atomic E-state index is -1.25. The van der Waals surface area contributed by atoms with Gasteiger partial charge in [-0.1, -0.05) is 30.3 Å². The maximum atomic E-state index is 12.3. The van der Waals surface area contributed by atoms with Crippen LogP contribution in [0.4, 0.5) is 0 Å². The lowest BCUT2D eigenvalue weighted by Crippen LogP contribution is -2.29. The monoisotopic (exact) mass is 431 g/mol. The van der Waals surface area contributed by atoms with Crippen molar-refractivity contribution in [1.29, 1.82) is 0 Å². The Hall–Kier alpha value is -3.71. The fraction of sp³-hybridized carbons (Fsp3) is 0.240. The quantitative estimate of drug-likeness (QED) is 0.461. The number of phenolic OH excluding ortho intramolecular Hbond substituents is 1. The molecular formula is C25H25N3O4. The average molecular weight is 431 g/mol. The molecule has 0 amide bonds. The lowest BCUT2D eigenvalue weighted by atomic mass is 9.99. The second kappa shape index (κ2) is 8.09. The van der Waals surface area contributed by atoms with Crippen LogP contribution in [-0.4, -0.2) is 36.4 Å². The molecule has 0 bridgehead atoms. The predicted molar refractivity (Wildman–Crippen MR) is 121 cm³/mol. The molecule has 0 radical (unpaired) electrons. The summed E-state index contributed by atoms with van der Waals surface area (Å²) in [6.45, 7) is 7.21. The number of benzene rings is 2. The number of fused-ring (bicyclic) bond motifs is 1. The Balaban J connectivity index is 2.04. The molecule has 1 atom stereocenters. The third-order valence-electron chi connectivity index (χ3n) is 5.00. The summed E-state index contributed by atoms with van der Waals surface area (Å²) in [5.41, 5.74) is 3.76. The van der Waals surface area contributed by atoms with E-state index in [2.05, 4.69) is 4.98 Å². The predicted octanol–water partition coefficient (Wildman–Crippen LogP) is 5.02. The maximum Gasteiger partial charge on any atom is 0.337 e. The van der Waals surface area contributed by atoms with Gasteiger partial charge >= 0.3 is 5.97 Å². The molecule has 2 heterocycles. The summed E-state index contributed by atoms with van der Waals surface area (Å²) >= 11 is 0. The van der Waals surface area contributed by atoms with Crippen LogP contribution < -0.4 is 0 Å². The number of phenols is 1. The van der Waals surface area contributed by atoms with E-state index in [0.29, 0.717) is 28.2 Å². The first kappa shape index (κ1) is 21.5. The number of carboxylic acid groups (broad SMARTS) is 1. The molecule has 4 rings (SSSR count). The Bertz CT molecular complexity index is 1270. The Morgan fingerprint density at radius 1 is 1.03 bits per heavy atom. The highest BCUT2D eigenvalue weighted by molar-refractivity contribution is 5.81. The highest BCUT2D eigenvalue weighted by atomic mass is 16.5. The molecule has 32 heavy (non-hydrogen) atoms. The van der Waals surface area contributed by atoms with Crippen molar-refractivity contribution in [3.8, 4) is 28.3 Å². The third kappa shape index (κ3) is 4.20. The number of hydrogen-bond acceptors (Lipinski definition) is 5. The largest absolute Gasteiger partial charge is 0.508 e. The van der Waals surface area contributed by atoms with Crippen LogP contribution in [0.25, 0.3) is 28.2 Å². The zero-order valence-electron chi connectivity index (χ0n) is 18.4. The highest BCUT2D eigenvalue weighted by Crippen LogP contribution is 2.36. The van der Waals surface area contributed by atoms with Crippen molar-refractivity contribution >= 4 is 11.6 Å². The lowest BCUT2D eigenvalue weighted by molar-refractivity contribution is -0.160. The van der Waals surface area contributed by atoms with Gasteiger partial charge in [0, 0.05) is 28.5 Å². The van der Waals surface area contributed by atoms with E-state index in [1.165, 1.54) is 0 Å². The number of nitrogens with zero attached hydrogens (tertiary/aromatic N) is 3. The Kier molecular flexibility index (Phi) is 5.44. The minimum Gasteiger partial charge on any atom is -0.508 e. The Morgan fingerprint density at radius 2 is 1.69 bits per heavy atom. The summed E-state index contributed by atoms with van der Waals surface area (Å²) in [4.78, 5) is 17.0. The number of aryl methyl sites for hydroxylation is 1. The molecule has 2 aromatic heterocycles. The summed E-state index contributed by atoms with van der Waals surface area (Å²) < 4.78 is 7.61. The summed E-state index contributed by atoms with van der Waals surface area (Å²) in [7, 11) is 0. The van der Waals surface area contributed by atoms with E-state index in [4.69, 9.17) is 9.84 Å². The molecule has 7 heteroatoms. The summed E-state index contributed by atoms with van der Waals surface area (Å²) in [6, 6.07) is 18.2. The molecule has 0 saturated heterocycles. The molecule has 0 saturated carbocycles. The lowest BCUT2D eigenvalue weighted by Gasteiger charge is -2.27. The van der Waals surface area contributed by atoms with Crippen LogP contribution in [0.1, 0.15) is 38.1 Å². The van der Waals surface area contributed by atoms with Crippen molar-refractivity contribution < 1.29 is 19.7 Å². The topological polar surface area (TPSA) is 97.0 Å². The molecule has 0 aliphatic heterocycles. The highest BCUT2D eigenvalue weighted by Gasteiger charge is 2.33. The first-order chi connectivity index (χ1) is 15.1. The van der Waals surface area contributed by atoms with Gasteiger partial charge in [-0.15, -0.1) is 0 Å². The molecule has 7 nitrogen and oxygen atoms in total. The van der Waals surface area contributed by atoms with Gasteiger partial charge in [-0.2, -0.15) is 5.10 Å². The number of carbonyl (C=O) groups is 1. The van der Waals surface area contributed by atoms with E-state index in [0.717, 1.165) is 11.3 Å². The third-order valence-corrected chi connectivity index (χ3v) is 5.00. The molecule has 0 aliphatic rings. The molecule has 164 valence electrons. The summed E-state index contributed by atoms with van der Waals surface area (Å²) in [6.07, 6.45) is -1.25. The van der Waals surface area contributed by atoms with Crippen molar-refractivity contribution in [3.63, 3.8) is 0 Å². The van der Waals surface area contributed by atoms with Gasteiger partial charge in [-0.25, -0.2) is 14.3 Å². The standard InChI is InChI=1S/C25H25N3O4/c1-15-21(23(24(30)31)32-25(2,3)4)22(17-10-12-18(29)13-11-17)28-20(26-15)14-19(27-28)16-8-6-5-7-9-16/h5-14,23,29H,1-4H3,(H,30,31). The first-order valence-electron chi connectivity index (χ1n) is 10.3. The number of aromatic nitrogens is 3. The molecule has 1 unspecified atom stereocenters. The SMILES string of the molecule is Cc1nc2cc(-c3ccccc3)nn2c(-c2ccc(O)cc2)c1C(OC(C)(C)C)C(=O)O. The molecular weight excluding hydrogens is 406 g/mol. The molecule has 4 aromatic rings. The van der Waals surface area contributed by atoms with Crippen LogP contribution in [0.3, 0.4) is 0 Å². The van der Waals surface area contributed by atoms with E-state index in [1.807, 2.05) is 57.2 Å². The van der Waals surface area contributed by atoms with Crippen LogP contribution in [0.15, 0.2) is 60.7 Å². The first-order valence-corrected chi connectivity index (χ1v) is 10.3. The summed E-state index contributed by atoms with van der Waals surface area (Å²) in [5, 5.41) is 24.6. The Morgan fingerprint density at radius 3 is 2.28 bits per heavy atom. The van der Waals surface area contributed by atoms with Crippen molar-refractivity contribution in [2.75, 3.05) is 0 Å². The van der Waals surface area contributed by atoms with Gasteiger partial charge in [0.05, 0.1) is 17.0 Å². The van der Waals surface area contributed by atoms with Crippen LogP contribution in [0.5, 0.6) is 5.75 Å². The number of hydrogen-bond donors (Lipinski definition) is 2. The van der Waals surface area contributed by atoms with E-state index >= 15 is 0 Å². The number of aromatic hydroxyl groups is 1. The van der Waals surface area contributed by atoms with Crippen LogP contribution in [0.2, 0.25) is 0 Å². The van der Waals surface area contributed by atoms with Gasteiger partial charge in [0.15, 0.2) is 11.8 Å². The molecule has 2 N–H and O–H groups in total. The van der Waals surface area contributed by atoms with Crippen LogP contribution >= 0.6 is 0 Å². The average Bonchev–Trinajstić information content (AvgIpc) is 3.15. The maximum absolute atomic E-state index is 12.3. The number of aliphatic carboxylic acids is 1. The van der Waals surface area contributed by atoms with Gasteiger partial charge in [0.2, 0.25) is 0 Å². The van der Waals surface area contributed by atoms with Crippen molar-refractivity contribution in [3.05, 3.63) is 71.9 Å². The van der Waals surface area contributed by atoms with Gasteiger partial charge in [0.1, 0.15) is 5.75 Å². The van der Waals surface area contributed by atoms with Crippen molar-refractivity contribution in [1.82, 2.24) is 14.6 Å². The molecule has 2 aromatic carbocycles. The molecule has 0 spiro atoms. The fourth-order valence-electron chi connectivity index (χ4n) is 3.68. The number of rotatable bonds is 5. The van der Waals surface area contributed by atoms with Gasteiger partial charge in [-0.05, 0) is 52.0 Å². The minimum absolute atomic E-state index is 0.114. The zero-order chi connectivity index (χ0) is 23.0. The van der Waals surface area contributed by atoms with Gasteiger partial charge in [0.25, 0.3) is 0 Å². The zero-order valence-corrected chi connectivity index (χ0v) is 18.4. The van der Waals surface area contributed by atoms with Gasteiger partial charge < -0.3 is 14.9 Å². The summed E-state index contributed by atoms with van der Waals surface area (Å²) in [5.74, 6) is -0.997. The number of carboxylic acids is 1. The van der Waals surface area contributed by atoms with E-state index < -0.39 is 17.7 Å². The fourth-order valence-corrected chi connectivity index (χ4v) is 3.68. The van der Waals surface area contributed by atoms with Crippen LogP contribution in [0, 0.1) is 6.92 Å². The van der Waals surface area contributed by atoms with E-state index in [1.54, 1.807) is 35.7 Å². The van der Waals surface area contributed by atoms with Gasteiger partial charge in [-0.3, -0.25) is 0 Å². The Labute approximate surface area is 185 Å². The van der Waals surface area contributed by atoms with Crippen molar-refractivity contribution in [2.45, 2.75) is 39.4 Å². The van der Waals surface area contributed by atoms with Crippen molar-refractivity contribution in [2.24, 2.45) is 0 Å². The second-order valence-electron chi connectivity index (χ2n) is 8.62. The van der Waals surface area contributed by atoms with E-state index in [9.17, 15) is 15.0 Å². The normalized spacial score (nSPS) is 12.8. The van der Waals surface area contributed by atoms with E-state index in [-0.39, 0.29) is 5.75 Å². The number of ether oxygens (including phenoxy) is 1. The smallest absolute Gasteiger partial charge is 0.337 e. The van der Waals surface area contributed by atoms with Crippen LogP contribution in [-0.2, 0) is 9.53 Å². The molecule has 0 aliphatic carbocycles. The second-order valence-corrected chi connectivity index (χ2v) is 8.62. The molecule has 0 fully saturated rings.